The zero-order valence-electron chi connectivity index (χ0n) is 12.7. The van der Waals surface area contributed by atoms with E-state index in [9.17, 15) is 9.18 Å². The predicted octanol–water partition coefficient (Wildman–Crippen LogP) is 2.08. The van der Waals surface area contributed by atoms with Gasteiger partial charge in [0.25, 0.3) is 0 Å². The minimum Gasteiger partial charge on any atom is -0.459 e. The highest BCUT2D eigenvalue weighted by molar-refractivity contribution is 5.76. The molecule has 1 amide bonds. The number of carbonyl (C=O) groups is 1. The zero-order chi connectivity index (χ0) is 16.1. The van der Waals surface area contributed by atoms with Gasteiger partial charge in [0.1, 0.15) is 17.3 Å². The maximum absolute atomic E-state index is 12.9. The normalized spacial score (nSPS) is 17.9. The molecule has 6 heteroatoms. The van der Waals surface area contributed by atoms with Crippen LogP contribution in [0.3, 0.4) is 0 Å². The lowest BCUT2D eigenvalue weighted by molar-refractivity contribution is -0.124. The van der Waals surface area contributed by atoms with Crippen LogP contribution in [0, 0.1) is 5.82 Å². The summed E-state index contributed by atoms with van der Waals surface area (Å²) in [5.41, 5.74) is 0.797. The van der Waals surface area contributed by atoms with Crippen molar-refractivity contribution < 1.29 is 18.3 Å². The lowest BCUT2D eigenvalue weighted by atomic mass is 10.2. The Hall–Kier alpha value is -2.18. The molecule has 0 bridgehead atoms. The summed E-state index contributed by atoms with van der Waals surface area (Å²) in [6, 6.07) is 9.70. The summed E-state index contributed by atoms with van der Waals surface area (Å²) in [5, 5.41) is 6.01. The average Bonchev–Trinajstić information content (AvgIpc) is 3.04. The van der Waals surface area contributed by atoms with Gasteiger partial charge in [-0.2, -0.15) is 0 Å². The molecule has 3 rings (SSSR count). The van der Waals surface area contributed by atoms with Crippen LogP contribution in [0.25, 0.3) is 11.3 Å². The molecular weight excluding hydrogens is 299 g/mol. The molecule has 122 valence electrons. The first kappa shape index (κ1) is 15.7. The summed E-state index contributed by atoms with van der Waals surface area (Å²) >= 11 is 0. The highest BCUT2D eigenvalue weighted by Gasteiger charge is 2.17. The van der Waals surface area contributed by atoms with Gasteiger partial charge in [0, 0.05) is 18.7 Å². The topological polar surface area (TPSA) is 63.5 Å². The van der Waals surface area contributed by atoms with Crippen molar-refractivity contribution in [3.05, 3.63) is 48.0 Å². The van der Waals surface area contributed by atoms with E-state index in [0.29, 0.717) is 37.6 Å². The second-order valence-electron chi connectivity index (χ2n) is 5.45. The van der Waals surface area contributed by atoms with Gasteiger partial charge in [-0.05, 0) is 36.4 Å². The van der Waals surface area contributed by atoms with Crippen LogP contribution >= 0.6 is 0 Å². The highest BCUT2D eigenvalue weighted by Crippen LogP contribution is 2.22. The number of carbonyl (C=O) groups excluding carboxylic acids is 1. The van der Waals surface area contributed by atoms with Gasteiger partial charge in [-0.15, -0.1) is 0 Å². The Morgan fingerprint density at radius 3 is 2.83 bits per heavy atom. The van der Waals surface area contributed by atoms with Gasteiger partial charge in [0.05, 0.1) is 25.7 Å². The van der Waals surface area contributed by atoms with Crippen molar-refractivity contribution in [2.24, 2.45) is 0 Å². The molecule has 5 nitrogen and oxygen atoms in total. The Morgan fingerprint density at radius 1 is 1.26 bits per heavy atom. The monoisotopic (exact) mass is 318 g/mol. The molecule has 1 aliphatic heterocycles. The number of amides is 1. The number of nitrogens with one attached hydrogen (secondary N) is 2. The first-order chi connectivity index (χ1) is 11.2. The Labute approximate surface area is 133 Å². The van der Waals surface area contributed by atoms with Crippen molar-refractivity contribution >= 4 is 5.91 Å². The number of morpholine rings is 1. The van der Waals surface area contributed by atoms with E-state index < -0.39 is 0 Å². The summed E-state index contributed by atoms with van der Waals surface area (Å²) < 4.78 is 24.1. The molecule has 0 saturated carbocycles. The Morgan fingerprint density at radius 2 is 2.09 bits per heavy atom. The fourth-order valence-electron chi connectivity index (χ4n) is 2.46. The summed E-state index contributed by atoms with van der Waals surface area (Å²) in [5.74, 6) is 0.945. The van der Waals surface area contributed by atoms with Crippen molar-refractivity contribution in [1.29, 1.82) is 0 Å². The van der Waals surface area contributed by atoms with Gasteiger partial charge < -0.3 is 19.8 Å². The summed E-state index contributed by atoms with van der Waals surface area (Å²) in [6.45, 7) is 2.48. The largest absolute Gasteiger partial charge is 0.459 e. The first-order valence-electron chi connectivity index (χ1n) is 7.64. The molecule has 0 aliphatic carbocycles. The van der Waals surface area contributed by atoms with Gasteiger partial charge in [-0.3, -0.25) is 4.79 Å². The van der Waals surface area contributed by atoms with Crippen LogP contribution in [-0.4, -0.2) is 31.7 Å². The van der Waals surface area contributed by atoms with Crippen LogP contribution in [0.1, 0.15) is 12.2 Å². The smallest absolute Gasteiger partial charge is 0.223 e. The fourth-order valence-corrected chi connectivity index (χ4v) is 2.46. The van der Waals surface area contributed by atoms with E-state index >= 15 is 0 Å². The third-order valence-electron chi connectivity index (χ3n) is 3.67. The number of halogens is 1. The van der Waals surface area contributed by atoms with Crippen LogP contribution < -0.4 is 10.6 Å². The molecule has 0 unspecified atom stereocenters. The number of ether oxygens (including phenoxy) is 1. The van der Waals surface area contributed by atoms with E-state index in [1.54, 1.807) is 18.2 Å². The van der Waals surface area contributed by atoms with Gasteiger partial charge in [0.15, 0.2) is 0 Å². The minimum absolute atomic E-state index is 0.0709. The van der Waals surface area contributed by atoms with E-state index in [1.165, 1.54) is 12.1 Å². The lowest BCUT2D eigenvalue weighted by Gasteiger charge is -2.22. The van der Waals surface area contributed by atoms with Gasteiger partial charge in [0.2, 0.25) is 5.91 Å². The Bertz CT molecular complexity index is 648. The molecule has 1 aromatic heterocycles. The second kappa shape index (κ2) is 7.39. The number of hydrogen-bond donors (Lipinski definition) is 2. The Kier molecular flexibility index (Phi) is 5.05. The predicted molar refractivity (Wildman–Crippen MR) is 83.2 cm³/mol. The number of rotatable bonds is 5. The molecule has 0 radical (unpaired) electrons. The van der Waals surface area contributed by atoms with Crippen molar-refractivity contribution in [3.8, 4) is 11.3 Å². The van der Waals surface area contributed by atoms with E-state index in [2.05, 4.69) is 10.6 Å². The van der Waals surface area contributed by atoms with Crippen LogP contribution in [0.15, 0.2) is 40.8 Å². The van der Waals surface area contributed by atoms with Crippen LogP contribution in [0.4, 0.5) is 4.39 Å². The average molecular weight is 318 g/mol. The SMILES string of the molecule is O=C(C[C@@H]1CNCCO1)NCc1ccc(-c2ccc(F)cc2)o1. The molecular formula is C17H19FN2O3. The molecule has 23 heavy (non-hydrogen) atoms. The van der Waals surface area contributed by atoms with E-state index in [0.717, 1.165) is 12.1 Å². The summed E-state index contributed by atoms with van der Waals surface area (Å²) in [7, 11) is 0. The molecule has 1 aliphatic rings. The van der Waals surface area contributed by atoms with Crippen LogP contribution in [-0.2, 0) is 16.1 Å². The highest BCUT2D eigenvalue weighted by atomic mass is 19.1. The molecule has 2 N–H and O–H groups in total. The standard InChI is InChI=1S/C17H19FN2O3/c18-13-3-1-12(2-4-13)16-6-5-14(23-16)11-20-17(21)9-15-10-19-7-8-22-15/h1-6,15,19H,7-11H2,(H,20,21)/t15-/m1/s1. The maximum Gasteiger partial charge on any atom is 0.223 e. The second-order valence-corrected chi connectivity index (χ2v) is 5.45. The van der Waals surface area contributed by atoms with Crippen molar-refractivity contribution in [2.75, 3.05) is 19.7 Å². The quantitative estimate of drug-likeness (QED) is 0.886. The fraction of sp³-hybridized carbons (Fsp3) is 0.353. The molecule has 2 aromatic rings. The van der Waals surface area contributed by atoms with Gasteiger partial charge in [-0.25, -0.2) is 4.39 Å². The third-order valence-corrected chi connectivity index (χ3v) is 3.67. The molecule has 1 aromatic carbocycles. The van der Waals surface area contributed by atoms with Crippen LogP contribution in [0.5, 0.6) is 0 Å². The zero-order valence-corrected chi connectivity index (χ0v) is 12.7. The van der Waals surface area contributed by atoms with E-state index in [1.807, 2.05) is 6.07 Å². The van der Waals surface area contributed by atoms with E-state index in [-0.39, 0.29) is 17.8 Å². The number of furan rings is 1. The third kappa shape index (κ3) is 4.40. The van der Waals surface area contributed by atoms with Crippen LogP contribution in [0.2, 0.25) is 0 Å². The summed E-state index contributed by atoms with van der Waals surface area (Å²) in [6.07, 6.45) is 0.258. The lowest BCUT2D eigenvalue weighted by Crippen LogP contribution is -2.41. The number of benzene rings is 1. The first-order valence-corrected chi connectivity index (χ1v) is 7.64. The van der Waals surface area contributed by atoms with Crippen molar-refractivity contribution in [3.63, 3.8) is 0 Å². The summed E-state index contributed by atoms with van der Waals surface area (Å²) in [4.78, 5) is 11.9. The molecule has 1 atom stereocenters. The molecule has 2 heterocycles. The van der Waals surface area contributed by atoms with Crippen molar-refractivity contribution in [1.82, 2.24) is 10.6 Å². The Balaban J connectivity index is 1.50. The number of hydrogen-bond acceptors (Lipinski definition) is 4. The molecule has 1 fully saturated rings. The van der Waals surface area contributed by atoms with Gasteiger partial charge >= 0.3 is 0 Å². The van der Waals surface area contributed by atoms with Crippen molar-refractivity contribution in [2.45, 2.75) is 19.1 Å². The molecule has 0 spiro atoms. The minimum atomic E-state index is -0.285. The molecule has 1 saturated heterocycles. The van der Waals surface area contributed by atoms with Gasteiger partial charge in [-0.1, -0.05) is 0 Å². The maximum atomic E-state index is 12.9. The van der Waals surface area contributed by atoms with E-state index in [4.69, 9.17) is 9.15 Å².